The van der Waals surface area contributed by atoms with Crippen LogP contribution in [0.15, 0.2) is 47.3 Å². The van der Waals surface area contributed by atoms with Crippen LogP contribution in [0.5, 0.6) is 0 Å². The minimum Gasteiger partial charge on any atom is -0.461 e. The fourth-order valence-corrected chi connectivity index (χ4v) is 4.85. The van der Waals surface area contributed by atoms with Crippen molar-refractivity contribution in [1.29, 1.82) is 0 Å². The molecule has 0 saturated carbocycles. The van der Waals surface area contributed by atoms with Crippen LogP contribution in [0.3, 0.4) is 0 Å². The number of para-hydroxylation sites is 1. The van der Waals surface area contributed by atoms with Crippen molar-refractivity contribution >= 4 is 23.0 Å². The Labute approximate surface area is 182 Å². The maximum atomic E-state index is 14.6. The van der Waals surface area contributed by atoms with E-state index in [4.69, 9.17) is 4.42 Å². The second-order valence-electron chi connectivity index (χ2n) is 8.33. The van der Waals surface area contributed by atoms with Gasteiger partial charge in [-0.15, -0.1) is 4.80 Å². The topological polar surface area (TPSA) is 93.2 Å². The molecule has 0 N–H and O–H groups in total. The first kappa shape index (κ1) is 18.9. The van der Waals surface area contributed by atoms with Gasteiger partial charge in [-0.1, -0.05) is 6.07 Å². The van der Waals surface area contributed by atoms with E-state index in [9.17, 15) is 9.18 Å². The van der Waals surface area contributed by atoms with Crippen molar-refractivity contribution in [3.63, 3.8) is 0 Å². The van der Waals surface area contributed by atoms with Crippen LogP contribution in [0.25, 0.3) is 16.8 Å². The van der Waals surface area contributed by atoms with Crippen LogP contribution in [-0.2, 0) is 0 Å². The van der Waals surface area contributed by atoms with Crippen molar-refractivity contribution < 1.29 is 13.6 Å². The Balaban J connectivity index is 1.21. The summed E-state index contributed by atoms with van der Waals surface area (Å²) in [5, 5.41) is 8.02. The Morgan fingerprint density at radius 1 is 1.06 bits per heavy atom. The quantitative estimate of drug-likeness (QED) is 0.490. The Morgan fingerprint density at radius 2 is 1.81 bits per heavy atom. The molecule has 5 heterocycles. The van der Waals surface area contributed by atoms with Crippen LogP contribution < -0.4 is 4.90 Å². The highest BCUT2D eigenvalue weighted by Crippen LogP contribution is 2.35. The van der Waals surface area contributed by atoms with Gasteiger partial charge in [-0.25, -0.2) is 14.4 Å². The Bertz CT molecular complexity index is 1310. The predicted molar refractivity (Wildman–Crippen MR) is 113 cm³/mol. The summed E-state index contributed by atoms with van der Waals surface area (Å²) in [6, 6.07) is 6.32. The normalized spacial score (nSPS) is 20.3. The second-order valence-corrected chi connectivity index (χ2v) is 8.33. The zero-order valence-corrected chi connectivity index (χ0v) is 17.3. The lowest BCUT2D eigenvalue weighted by molar-refractivity contribution is 0.0781. The zero-order chi connectivity index (χ0) is 21.8. The van der Waals surface area contributed by atoms with Crippen molar-refractivity contribution in [1.82, 2.24) is 29.9 Å². The first-order chi connectivity index (χ1) is 15.6. The van der Waals surface area contributed by atoms with Crippen molar-refractivity contribution in [3.8, 4) is 5.69 Å². The van der Waals surface area contributed by atoms with Gasteiger partial charge < -0.3 is 14.2 Å². The van der Waals surface area contributed by atoms with Gasteiger partial charge in [-0.2, -0.15) is 10.2 Å². The van der Waals surface area contributed by atoms with Crippen molar-refractivity contribution in [2.24, 2.45) is 11.8 Å². The molecule has 0 radical (unpaired) electrons. The van der Waals surface area contributed by atoms with E-state index in [-0.39, 0.29) is 17.2 Å². The molecule has 2 atom stereocenters. The van der Waals surface area contributed by atoms with E-state index in [0.717, 1.165) is 29.1 Å². The maximum absolute atomic E-state index is 14.6. The molecule has 3 aromatic heterocycles. The molecule has 0 aliphatic carbocycles. The average Bonchev–Trinajstić information content (AvgIpc) is 3.56. The molecule has 0 unspecified atom stereocenters. The third-order valence-corrected chi connectivity index (χ3v) is 6.35. The number of nitrogens with zero attached hydrogens (tertiary/aromatic N) is 7. The summed E-state index contributed by atoms with van der Waals surface area (Å²) in [7, 11) is 0. The van der Waals surface area contributed by atoms with E-state index in [1.54, 1.807) is 23.3 Å². The van der Waals surface area contributed by atoms with Crippen LogP contribution in [0.1, 0.15) is 16.1 Å². The summed E-state index contributed by atoms with van der Waals surface area (Å²) in [4.78, 5) is 27.7. The summed E-state index contributed by atoms with van der Waals surface area (Å²) in [6.07, 6.45) is 4.54. The van der Waals surface area contributed by atoms with Gasteiger partial charge in [0.2, 0.25) is 5.95 Å². The lowest BCUT2D eigenvalue weighted by Gasteiger charge is -2.22. The van der Waals surface area contributed by atoms with E-state index in [2.05, 4.69) is 25.1 Å². The van der Waals surface area contributed by atoms with Crippen molar-refractivity contribution in [2.45, 2.75) is 6.92 Å². The molecule has 1 amide bonds. The maximum Gasteiger partial charge on any atom is 0.256 e. The van der Waals surface area contributed by atoms with E-state index >= 15 is 0 Å². The Kier molecular flexibility index (Phi) is 4.20. The van der Waals surface area contributed by atoms with Gasteiger partial charge in [0.1, 0.15) is 11.2 Å². The molecule has 0 spiro atoms. The van der Waals surface area contributed by atoms with Crippen LogP contribution in [0.2, 0.25) is 0 Å². The predicted octanol–water partition coefficient (Wildman–Crippen LogP) is 2.46. The minimum absolute atomic E-state index is 0.0819. The minimum atomic E-state index is -0.528. The number of aromatic nitrogens is 5. The number of aryl methyl sites for hydroxylation is 1. The second kappa shape index (κ2) is 7.11. The molecule has 6 rings (SSSR count). The summed E-state index contributed by atoms with van der Waals surface area (Å²) in [5.41, 5.74) is 2.67. The average molecular weight is 433 g/mol. The van der Waals surface area contributed by atoms with E-state index < -0.39 is 5.82 Å². The number of furan rings is 1. The lowest BCUT2D eigenvalue weighted by Crippen LogP contribution is -2.34. The summed E-state index contributed by atoms with van der Waals surface area (Å²) >= 11 is 0. The Hall–Kier alpha value is -3.82. The fourth-order valence-electron chi connectivity index (χ4n) is 4.85. The van der Waals surface area contributed by atoms with Gasteiger partial charge >= 0.3 is 0 Å². The third-order valence-electron chi connectivity index (χ3n) is 6.35. The van der Waals surface area contributed by atoms with Gasteiger partial charge in [-0.05, 0) is 19.1 Å². The number of hydrogen-bond donors (Lipinski definition) is 0. The van der Waals surface area contributed by atoms with Gasteiger partial charge in [0.25, 0.3) is 5.91 Å². The van der Waals surface area contributed by atoms with E-state index in [1.165, 1.54) is 18.5 Å². The van der Waals surface area contributed by atoms with Crippen LogP contribution >= 0.6 is 0 Å². The SMILES string of the molecule is Cc1nc(N2C[C@H]3CN(C(=O)c4cccc(F)c4-n4nccn4)C[C@H]3C2)nc2ccoc12. The van der Waals surface area contributed by atoms with Crippen molar-refractivity contribution in [3.05, 3.63) is 60.0 Å². The molecule has 10 heteroatoms. The highest BCUT2D eigenvalue weighted by molar-refractivity contribution is 5.98. The van der Waals surface area contributed by atoms with Gasteiger partial charge in [0.15, 0.2) is 11.4 Å². The summed E-state index contributed by atoms with van der Waals surface area (Å²) in [5.74, 6) is 0.579. The summed E-state index contributed by atoms with van der Waals surface area (Å²) < 4.78 is 20.0. The molecule has 32 heavy (non-hydrogen) atoms. The monoisotopic (exact) mass is 433 g/mol. The largest absolute Gasteiger partial charge is 0.461 e. The molecule has 2 saturated heterocycles. The third kappa shape index (κ3) is 2.94. The number of benzene rings is 1. The number of hydrogen-bond acceptors (Lipinski definition) is 7. The summed E-state index contributed by atoms with van der Waals surface area (Å²) in [6.45, 7) is 4.67. The van der Waals surface area contributed by atoms with Gasteiger partial charge in [-0.3, -0.25) is 4.79 Å². The zero-order valence-electron chi connectivity index (χ0n) is 17.3. The number of carbonyl (C=O) groups is 1. The molecular formula is C22H20FN7O2. The van der Waals surface area contributed by atoms with Crippen LogP contribution in [0.4, 0.5) is 10.3 Å². The van der Waals surface area contributed by atoms with Crippen LogP contribution in [-0.4, -0.2) is 61.9 Å². The molecule has 4 aromatic rings. The highest BCUT2D eigenvalue weighted by atomic mass is 19.1. The van der Waals surface area contributed by atoms with Crippen LogP contribution in [0, 0.1) is 24.6 Å². The van der Waals surface area contributed by atoms with Gasteiger partial charge in [0.05, 0.1) is 29.9 Å². The molecule has 9 nitrogen and oxygen atoms in total. The smallest absolute Gasteiger partial charge is 0.256 e. The molecular weight excluding hydrogens is 413 g/mol. The van der Waals surface area contributed by atoms with E-state index in [1.807, 2.05) is 13.0 Å². The number of carbonyl (C=O) groups excluding carboxylic acids is 1. The molecule has 0 bridgehead atoms. The number of amides is 1. The first-order valence-electron chi connectivity index (χ1n) is 10.5. The molecule has 162 valence electrons. The molecule has 2 aliphatic rings. The van der Waals surface area contributed by atoms with Gasteiger partial charge in [0, 0.05) is 44.1 Å². The van der Waals surface area contributed by atoms with Crippen molar-refractivity contribution in [2.75, 3.05) is 31.1 Å². The molecule has 2 fully saturated rings. The lowest BCUT2D eigenvalue weighted by atomic mass is 10.0. The molecule has 2 aliphatic heterocycles. The highest BCUT2D eigenvalue weighted by Gasteiger charge is 2.43. The fraction of sp³-hybridized carbons (Fsp3) is 0.318. The first-order valence-corrected chi connectivity index (χ1v) is 10.5. The number of fused-ring (bicyclic) bond motifs is 2. The number of likely N-dealkylation sites (tertiary alicyclic amines) is 1. The number of rotatable bonds is 3. The van der Waals surface area contributed by atoms with E-state index in [0.29, 0.717) is 36.5 Å². The number of halogens is 1. The standard InChI is InChI=1S/C22H20FN7O2/c1-13-20-18(5-8-32-20)27-22(26-13)29-11-14-9-28(10-15(14)12-29)21(31)16-3-2-4-17(23)19(16)30-24-6-7-25-30/h2-8,14-15H,9-12H2,1H3/t14-,15+. The molecule has 1 aromatic carbocycles. The number of anilines is 1. The Morgan fingerprint density at radius 3 is 2.56 bits per heavy atom.